The van der Waals surface area contributed by atoms with E-state index in [-0.39, 0.29) is 16.9 Å². The van der Waals surface area contributed by atoms with E-state index in [0.29, 0.717) is 11.1 Å². The summed E-state index contributed by atoms with van der Waals surface area (Å²) in [5.74, 6) is -1.29. The molecule has 3 aromatic rings. The number of amides is 2. The van der Waals surface area contributed by atoms with Crippen LogP contribution in [0.4, 0.5) is 0 Å². The van der Waals surface area contributed by atoms with Crippen LogP contribution in [-0.2, 0) is 0 Å². The zero-order valence-electron chi connectivity index (χ0n) is 18.3. The van der Waals surface area contributed by atoms with E-state index in [2.05, 4.69) is 15.8 Å². The van der Waals surface area contributed by atoms with Crippen LogP contribution in [-0.4, -0.2) is 22.6 Å². The lowest BCUT2D eigenvalue weighted by Crippen LogP contribution is -2.42. The number of carbonyl (C=O) groups excluding carboxylic acids is 3. The third-order valence-electron chi connectivity index (χ3n) is 5.86. The lowest BCUT2D eigenvalue weighted by molar-refractivity contribution is 0.0844. The number of pyridine rings is 1. The first-order chi connectivity index (χ1) is 14.7. The zero-order valence-corrected chi connectivity index (χ0v) is 18.3. The molecular weight excluding hydrogens is 390 g/mol. The van der Waals surface area contributed by atoms with E-state index >= 15 is 0 Å². The van der Waals surface area contributed by atoms with E-state index in [1.807, 2.05) is 34.6 Å². The maximum Gasteiger partial charge on any atom is 0.271 e. The monoisotopic (exact) mass is 415 g/mol. The Morgan fingerprint density at radius 1 is 0.677 bits per heavy atom. The molecule has 6 heteroatoms. The number of rotatable bonds is 4. The predicted molar refractivity (Wildman–Crippen MR) is 119 cm³/mol. The van der Waals surface area contributed by atoms with Gasteiger partial charge in [0.25, 0.3) is 11.8 Å². The highest BCUT2D eigenvalue weighted by molar-refractivity contribution is 6.17. The molecule has 2 aromatic carbocycles. The van der Waals surface area contributed by atoms with Gasteiger partial charge >= 0.3 is 0 Å². The lowest BCUT2D eigenvalue weighted by atomic mass is 9.85. The Kier molecular flexibility index (Phi) is 6.30. The van der Waals surface area contributed by atoms with Gasteiger partial charge in [0.1, 0.15) is 0 Å². The van der Waals surface area contributed by atoms with Crippen molar-refractivity contribution in [3.8, 4) is 0 Å². The van der Waals surface area contributed by atoms with Crippen molar-refractivity contribution < 1.29 is 14.4 Å². The number of benzene rings is 2. The molecule has 31 heavy (non-hydrogen) atoms. The molecular formula is C25H25N3O3. The van der Waals surface area contributed by atoms with E-state index < -0.39 is 11.8 Å². The number of carbonyl (C=O) groups is 3. The summed E-state index contributed by atoms with van der Waals surface area (Å²) in [6.45, 7) is 9.91. The summed E-state index contributed by atoms with van der Waals surface area (Å²) in [7, 11) is 0. The zero-order chi connectivity index (χ0) is 22.7. The Morgan fingerprint density at radius 3 is 1.81 bits per heavy atom. The van der Waals surface area contributed by atoms with Crippen LogP contribution in [0, 0.1) is 34.6 Å². The van der Waals surface area contributed by atoms with Gasteiger partial charge in [-0.15, -0.1) is 0 Å². The number of hydrogen-bond acceptors (Lipinski definition) is 4. The van der Waals surface area contributed by atoms with Crippen molar-refractivity contribution in [2.24, 2.45) is 0 Å². The minimum Gasteiger partial charge on any atom is -0.289 e. The number of nitrogens with one attached hydrogen (secondary N) is 2. The molecule has 6 nitrogen and oxygen atoms in total. The van der Waals surface area contributed by atoms with E-state index in [4.69, 9.17) is 0 Å². The molecule has 0 aliphatic heterocycles. The second-order valence-electron chi connectivity index (χ2n) is 7.52. The van der Waals surface area contributed by atoms with Gasteiger partial charge in [-0.2, -0.15) is 0 Å². The fraction of sp³-hybridized carbons (Fsp3) is 0.200. The van der Waals surface area contributed by atoms with Gasteiger partial charge in [0.2, 0.25) is 0 Å². The molecule has 158 valence electrons. The average Bonchev–Trinajstić information content (AvgIpc) is 2.80. The summed E-state index contributed by atoms with van der Waals surface area (Å²) < 4.78 is 0. The summed E-state index contributed by atoms with van der Waals surface area (Å²) in [5, 5.41) is 0. The molecule has 3 rings (SSSR count). The van der Waals surface area contributed by atoms with Crippen LogP contribution in [0.2, 0.25) is 0 Å². The SMILES string of the molecule is Cc1c(C)c(C)c(C(=O)c2ccccc2C(=O)NNC(=O)c2cccnc2)c(C)c1C. The van der Waals surface area contributed by atoms with Crippen LogP contribution in [0.1, 0.15) is 64.5 Å². The summed E-state index contributed by atoms with van der Waals surface area (Å²) in [4.78, 5) is 42.4. The van der Waals surface area contributed by atoms with Crippen molar-refractivity contribution in [2.75, 3.05) is 0 Å². The third kappa shape index (κ3) is 4.23. The molecule has 0 unspecified atom stereocenters. The highest BCUT2D eigenvalue weighted by atomic mass is 16.2. The van der Waals surface area contributed by atoms with Crippen LogP contribution in [0.15, 0.2) is 48.8 Å². The van der Waals surface area contributed by atoms with Gasteiger partial charge in [-0.1, -0.05) is 18.2 Å². The van der Waals surface area contributed by atoms with Crippen molar-refractivity contribution in [3.63, 3.8) is 0 Å². The first-order valence-corrected chi connectivity index (χ1v) is 9.95. The number of hydrogen-bond donors (Lipinski definition) is 2. The summed E-state index contributed by atoms with van der Waals surface area (Å²) in [6, 6.07) is 9.80. The van der Waals surface area contributed by atoms with Crippen LogP contribution < -0.4 is 10.9 Å². The topological polar surface area (TPSA) is 88.2 Å². The molecule has 0 fully saturated rings. The van der Waals surface area contributed by atoms with Gasteiger partial charge in [-0.05, 0) is 80.6 Å². The van der Waals surface area contributed by atoms with E-state index in [1.54, 1.807) is 42.6 Å². The smallest absolute Gasteiger partial charge is 0.271 e. The normalized spacial score (nSPS) is 10.5. The number of ketones is 1. The van der Waals surface area contributed by atoms with Crippen LogP contribution in [0.5, 0.6) is 0 Å². The van der Waals surface area contributed by atoms with Crippen LogP contribution >= 0.6 is 0 Å². The Labute approximate surface area is 181 Å². The van der Waals surface area contributed by atoms with E-state index in [1.165, 1.54) is 6.20 Å². The molecule has 2 amide bonds. The van der Waals surface area contributed by atoms with E-state index in [0.717, 1.165) is 27.8 Å². The maximum atomic E-state index is 13.5. The van der Waals surface area contributed by atoms with Crippen molar-refractivity contribution >= 4 is 17.6 Å². The molecule has 0 atom stereocenters. The molecule has 0 aliphatic carbocycles. The highest BCUT2D eigenvalue weighted by Gasteiger charge is 2.23. The van der Waals surface area contributed by atoms with Crippen molar-refractivity contribution in [2.45, 2.75) is 34.6 Å². The van der Waals surface area contributed by atoms with Crippen LogP contribution in [0.25, 0.3) is 0 Å². The minimum absolute atomic E-state index is 0.189. The van der Waals surface area contributed by atoms with Gasteiger partial charge in [0, 0.05) is 23.5 Å². The van der Waals surface area contributed by atoms with Crippen molar-refractivity contribution in [1.82, 2.24) is 15.8 Å². The van der Waals surface area contributed by atoms with Gasteiger partial charge < -0.3 is 0 Å². The standard InChI is InChI=1S/C25H25N3O3/c1-14-15(2)17(4)22(18(5)16(14)3)23(29)20-10-6-7-11-21(20)25(31)28-27-24(30)19-9-8-12-26-13-19/h6-13H,1-5H3,(H,27,30)(H,28,31). The Bertz CT molecular complexity index is 1160. The molecule has 1 aromatic heterocycles. The Balaban J connectivity index is 1.91. The largest absolute Gasteiger partial charge is 0.289 e. The quantitative estimate of drug-likeness (QED) is 0.499. The van der Waals surface area contributed by atoms with Crippen LogP contribution in [0.3, 0.4) is 0 Å². The number of nitrogens with zero attached hydrogens (tertiary/aromatic N) is 1. The highest BCUT2D eigenvalue weighted by Crippen LogP contribution is 2.28. The van der Waals surface area contributed by atoms with Gasteiger partial charge in [-0.25, -0.2) is 0 Å². The Hall–Kier alpha value is -3.80. The molecule has 0 saturated carbocycles. The Morgan fingerprint density at radius 2 is 1.23 bits per heavy atom. The summed E-state index contributed by atoms with van der Waals surface area (Å²) >= 11 is 0. The van der Waals surface area contributed by atoms with Gasteiger partial charge in [0.15, 0.2) is 5.78 Å². The fourth-order valence-corrected chi connectivity index (χ4v) is 3.60. The average molecular weight is 415 g/mol. The van der Waals surface area contributed by atoms with E-state index in [9.17, 15) is 14.4 Å². The minimum atomic E-state index is -0.572. The molecule has 0 aliphatic rings. The number of aromatic nitrogens is 1. The second kappa shape index (κ2) is 8.92. The first kappa shape index (κ1) is 21.9. The predicted octanol–water partition coefficient (Wildman–Crippen LogP) is 3.93. The molecule has 0 saturated heterocycles. The molecule has 0 radical (unpaired) electrons. The van der Waals surface area contributed by atoms with Crippen molar-refractivity contribution in [3.05, 3.63) is 98.9 Å². The lowest BCUT2D eigenvalue weighted by Gasteiger charge is -2.19. The first-order valence-electron chi connectivity index (χ1n) is 9.95. The molecule has 2 N–H and O–H groups in total. The second-order valence-corrected chi connectivity index (χ2v) is 7.52. The summed E-state index contributed by atoms with van der Waals surface area (Å²) in [5.41, 5.74) is 11.3. The third-order valence-corrected chi connectivity index (χ3v) is 5.86. The molecule has 0 bridgehead atoms. The molecule has 1 heterocycles. The summed E-state index contributed by atoms with van der Waals surface area (Å²) in [6.07, 6.45) is 2.95. The van der Waals surface area contributed by atoms with Gasteiger partial charge in [0.05, 0.1) is 11.1 Å². The fourth-order valence-electron chi connectivity index (χ4n) is 3.60. The number of hydrazine groups is 1. The van der Waals surface area contributed by atoms with Gasteiger partial charge in [-0.3, -0.25) is 30.2 Å². The molecule has 0 spiro atoms. The van der Waals surface area contributed by atoms with Crippen molar-refractivity contribution in [1.29, 1.82) is 0 Å². The maximum absolute atomic E-state index is 13.5.